The number of piperazine rings is 1. The van der Waals surface area contributed by atoms with E-state index in [9.17, 15) is 14.9 Å². The number of nitro groups is 1. The van der Waals surface area contributed by atoms with Crippen molar-refractivity contribution in [2.45, 2.75) is 0 Å². The van der Waals surface area contributed by atoms with Crippen molar-refractivity contribution in [1.29, 1.82) is 0 Å². The number of nitro benzene ring substituents is 1. The third-order valence-electron chi connectivity index (χ3n) is 4.79. The van der Waals surface area contributed by atoms with Gasteiger partial charge in [-0.1, -0.05) is 0 Å². The summed E-state index contributed by atoms with van der Waals surface area (Å²) in [7, 11) is 0. The highest BCUT2D eigenvalue weighted by molar-refractivity contribution is 5.94. The monoisotopic (exact) mass is 378 g/mol. The predicted octanol–water partition coefficient (Wildman–Crippen LogP) is 2.14. The zero-order valence-corrected chi connectivity index (χ0v) is 15.0. The third kappa shape index (κ3) is 3.54. The molecular weight excluding hydrogens is 360 g/mol. The van der Waals surface area contributed by atoms with Crippen molar-refractivity contribution in [3.05, 3.63) is 76.9 Å². The topological polar surface area (TPSA) is 97.4 Å². The van der Waals surface area contributed by atoms with E-state index in [1.165, 1.54) is 18.5 Å². The lowest BCUT2D eigenvalue weighted by atomic mass is 10.1. The van der Waals surface area contributed by atoms with Gasteiger partial charge in [-0.05, 0) is 36.4 Å². The van der Waals surface area contributed by atoms with Gasteiger partial charge in [0.15, 0.2) is 0 Å². The van der Waals surface area contributed by atoms with Gasteiger partial charge >= 0.3 is 0 Å². The van der Waals surface area contributed by atoms with Crippen LogP contribution < -0.4 is 4.90 Å². The van der Waals surface area contributed by atoms with Crippen LogP contribution in [0, 0.1) is 10.1 Å². The quantitative estimate of drug-likeness (QED) is 0.510. The Morgan fingerprint density at radius 1 is 0.929 bits per heavy atom. The molecule has 142 valence electrons. The third-order valence-corrected chi connectivity index (χ3v) is 4.79. The molecule has 2 aromatic carbocycles. The van der Waals surface area contributed by atoms with E-state index in [-0.39, 0.29) is 11.6 Å². The van der Waals surface area contributed by atoms with Gasteiger partial charge in [-0.3, -0.25) is 14.9 Å². The fraction of sp³-hybridized carbons (Fsp3) is 0.211. The molecule has 3 aromatic rings. The number of non-ortho nitro benzene ring substituents is 1. The summed E-state index contributed by atoms with van der Waals surface area (Å²) in [4.78, 5) is 31.0. The molecular formula is C19H18N6O3. The molecule has 0 spiro atoms. The predicted molar refractivity (Wildman–Crippen MR) is 103 cm³/mol. The van der Waals surface area contributed by atoms with Crippen LogP contribution in [0.4, 0.5) is 11.4 Å². The number of rotatable bonds is 4. The van der Waals surface area contributed by atoms with E-state index in [2.05, 4.69) is 15.0 Å². The number of hydrogen-bond donors (Lipinski definition) is 0. The summed E-state index contributed by atoms with van der Waals surface area (Å²) in [5.41, 5.74) is 2.48. The Bertz CT molecular complexity index is 962. The molecule has 1 aliphatic heterocycles. The smallest absolute Gasteiger partial charge is 0.269 e. The minimum atomic E-state index is -0.408. The molecule has 1 saturated heterocycles. The van der Waals surface area contributed by atoms with Gasteiger partial charge in [-0.15, -0.1) is 0 Å². The van der Waals surface area contributed by atoms with Crippen LogP contribution in [0.25, 0.3) is 5.69 Å². The molecule has 1 aromatic heterocycles. The van der Waals surface area contributed by atoms with Gasteiger partial charge in [0.2, 0.25) is 0 Å². The van der Waals surface area contributed by atoms with Crippen LogP contribution >= 0.6 is 0 Å². The average Bonchev–Trinajstić information content (AvgIpc) is 3.28. The molecule has 9 heteroatoms. The van der Waals surface area contributed by atoms with Crippen LogP contribution in [0.1, 0.15) is 10.4 Å². The number of anilines is 1. The number of hydrogen-bond acceptors (Lipinski definition) is 6. The summed E-state index contributed by atoms with van der Waals surface area (Å²) in [6.07, 6.45) is 3.07. The first-order chi connectivity index (χ1) is 13.6. The molecule has 0 N–H and O–H groups in total. The van der Waals surface area contributed by atoms with E-state index in [0.29, 0.717) is 31.7 Å². The SMILES string of the molecule is O=C(c1ccc(-n2cncn2)cc1)N1CCN(c2ccc([N+](=O)[O-])cc2)CC1. The Kier molecular flexibility index (Phi) is 4.71. The maximum atomic E-state index is 12.8. The van der Waals surface area contributed by atoms with Crippen molar-refractivity contribution in [2.75, 3.05) is 31.1 Å². The fourth-order valence-electron chi connectivity index (χ4n) is 3.23. The van der Waals surface area contributed by atoms with Gasteiger partial charge in [0.25, 0.3) is 11.6 Å². The Morgan fingerprint density at radius 3 is 2.14 bits per heavy atom. The summed E-state index contributed by atoms with van der Waals surface area (Å²) in [6, 6.07) is 13.8. The summed E-state index contributed by atoms with van der Waals surface area (Å²) in [5.74, 6) is -0.00603. The molecule has 0 unspecified atom stereocenters. The summed E-state index contributed by atoms with van der Waals surface area (Å²) in [5, 5.41) is 14.8. The first-order valence-corrected chi connectivity index (χ1v) is 8.85. The van der Waals surface area contributed by atoms with Gasteiger partial charge in [-0.25, -0.2) is 9.67 Å². The summed E-state index contributed by atoms with van der Waals surface area (Å²) >= 11 is 0. The average molecular weight is 378 g/mol. The van der Waals surface area contributed by atoms with E-state index in [1.807, 2.05) is 17.0 Å². The second kappa shape index (κ2) is 7.47. The van der Waals surface area contributed by atoms with Gasteiger partial charge in [0.05, 0.1) is 10.6 Å². The first kappa shape index (κ1) is 17.7. The molecule has 0 atom stereocenters. The molecule has 0 aliphatic carbocycles. The second-order valence-corrected chi connectivity index (χ2v) is 6.44. The number of benzene rings is 2. The van der Waals surface area contributed by atoms with Crippen molar-refractivity contribution in [3.63, 3.8) is 0 Å². The number of carbonyl (C=O) groups excluding carboxylic acids is 1. The van der Waals surface area contributed by atoms with E-state index >= 15 is 0 Å². The molecule has 9 nitrogen and oxygen atoms in total. The first-order valence-electron chi connectivity index (χ1n) is 8.85. The van der Waals surface area contributed by atoms with E-state index in [1.54, 1.807) is 35.3 Å². The molecule has 0 bridgehead atoms. The fourth-order valence-corrected chi connectivity index (χ4v) is 3.23. The van der Waals surface area contributed by atoms with Crippen LogP contribution in [-0.2, 0) is 0 Å². The molecule has 1 amide bonds. The molecule has 4 rings (SSSR count). The van der Waals surface area contributed by atoms with Gasteiger partial charge in [0, 0.05) is 49.6 Å². The van der Waals surface area contributed by atoms with Crippen molar-refractivity contribution in [3.8, 4) is 5.69 Å². The van der Waals surface area contributed by atoms with E-state index in [4.69, 9.17) is 0 Å². The summed E-state index contributed by atoms with van der Waals surface area (Å²) < 4.78 is 1.64. The lowest BCUT2D eigenvalue weighted by Crippen LogP contribution is -2.48. The van der Waals surface area contributed by atoms with Gasteiger partial charge in [0.1, 0.15) is 12.7 Å². The zero-order chi connectivity index (χ0) is 19.5. The maximum Gasteiger partial charge on any atom is 0.269 e. The molecule has 2 heterocycles. The van der Waals surface area contributed by atoms with Gasteiger partial charge in [-0.2, -0.15) is 5.10 Å². The van der Waals surface area contributed by atoms with Crippen molar-refractivity contribution < 1.29 is 9.72 Å². The zero-order valence-electron chi connectivity index (χ0n) is 15.0. The van der Waals surface area contributed by atoms with Crippen molar-refractivity contribution >= 4 is 17.3 Å². The largest absolute Gasteiger partial charge is 0.368 e. The number of carbonyl (C=O) groups is 1. The van der Waals surface area contributed by atoms with Gasteiger partial charge < -0.3 is 9.80 Å². The molecule has 1 fully saturated rings. The lowest BCUT2D eigenvalue weighted by molar-refractivity contribution is -0.384. The minimum Gasteiger partial charge on any atom is -0.368 e. The highest BCUT2D eigenvalue weighted by atomic mass is 16.6. The maximum absolute atomic E-state index is 12.8. The Balaban J connectivity index is 1.38. The van der Waals surface area contributed by atoms with Crippen LogP contribution in [0.15, 0.2) is 61.2 Å². The van der Waals surface area contributed by atoms with Crippen LogP contribution in [0.3, 0.4) is 0 Å². The Labute approximate surface area is 161 Å². The normalized spacial score (nSPS) is 14.1. The van der Waals surface area contributed by atoms with Crippen molar-refractivity contribution in [2.24, 2.45) is 0 Å². The number of amides is 1. The van der Waals surface area contributed by atoms with Crippen molar-refractivity contribution in [1.82, 2.24) is 19.7 Å². The molecule has 0 radical (unpaired) electrons. The standard InChI is InChI=1S/C19H18N6O3/c26-19(15-1-3-17(4-2-15)24-14-20-13-21-24)23-11-9-22(10-12-23)16-5-7-18(8-6-16)25(27)28/h1-8,13-14H,9-12H2. The Morgan fingerprint density at radius 2 is 1.57 bits per heavy atom. The minimum absolute atomic E-state index is 0.00603. The molecule has 1 aliphatic rings. The second-order valence-electron chi connectivity index (χ2n) is 6.44. The van der Waals surface area contributed by atoms with Crippen LogP contribution in [-0.4, -0.2) is 56.7 Å². The highest BCUT2D eigenvalue weighted by Gasteiger charge is 2.22. The van der Waals surface area contributed by atoms with Crippen LogP contribution in [0.5, 0.6) is 0 Å². The van der Waals surface area contributed by atoms with Crippen LogP contribution in [0.2, 0.25) is 0 Å². The number of aromatic nitrogens is 3. The lowest BCUT2D eigenvalue weighted by Gasteiger charge is -2.36. The van der Waals surface area contributed by atoms with E-state index in [0.717, 1.165) is 11.4 Å². The number of nitrogens with zero attached hydrogens (tertiary/aromatic N) is 6. The Hall–Kier alpha value is -3.75. The highest BCUT2D eigenvalue weighted by Crippen LogP contribution is 2.21. The van der Waals surface area contributed by atoms with E-state index < -0.39 is 4.92 Å². The summed E-state index contributed by atoms with van der Waals surface area (Å²) in [6.45, 7) is 2.56. The molecule has 0 saturated carbocycles. The molecule has 28 heavy (non-hydrogen) atoms.